The zero-order valence-corrected chi connectivity index (χ0v) is 15.9. The Morgan fingerprint density at radius 3 is 2.96 bits per heavy atom. The molecule has 5 nitrogen and oxygen atoms in total. The zero-order valence-electron chi connectivity index (χ0n) is 15.9. The van der Waals surface area contributed by atoms with Crippen LogP contribution in [0.2, 0.25) is 0 Å². The third-order valence-corrected chi connectivity index (χ3v) is 6.39. The highest BCUT2D eigenvalue weighted by molar-refractivity contribution is 5.91. The molecule has 0 bridgehead atoms. The minimum atomic E-state index is -0.385. The molecule has 3 atom stereocenters. The molecule has 1 saturated heterocycles. The zero-order chi connectivity index (χ0) is 18.5. The van der Waals surface area contributed by atoms with Crippen LogP contribution in [-0.4, -0.2) is 42.5 Å². The summed E-state index contributed by atoms with van der Waals surface area (Å²) in [5, 5.41) is 2.89. The van der Waals surface area contributed by atoms with Gasteiger partial charge in [-0.1, -0.05) is 26.0 Å². The number of amides is 2. The van der Waals surface area contributed by atoms with Crippen LogP contribution in [0.25, 0.3) is 0 Å². The molecule has 140 valence electrons. The van der Waals surface area contributed by atoms with Crippen molar-refractivity contribution in [3.05, 3.63) is 29.3 Å². The number of nitrogens with zero attached hydrogens (tertiary/aromatic N) is 1. The van der Waals surface area contributed by atoms with Gasteiger partial charge in [0.25, 0.3) is 0 Å². The normalized spacial score (nSPS) is 30.5. The van der Waals surface area contributed by atoms with E-state index in [0.29, 0.717) is 25.6 Å². The van der Waals surface area contributed by atoms with Crippen LogP contribution < -0.4 is 10.1 Å². The fourth-order valence-corrected chi connectivity index (χ4v) is 4.55. The van der Waals surface area contributed by atoms with Crippen molar-refractivity contribution in [2.24, 2.45) is 5.92 Å². The van der Waals surface area contributed by atoms with Gasteiger partial charge in [0.15, 0.2) is 0 Å². The summed E-state index contributed by atoms with van der Waals surface area (Å²) in [6.07, 6.45) is 2.57. The van der Waals surface area contributed by atoms with Crippen molar-refractivity contribution in [2.75, 3.05) is 19.7 Å². The van der Waals surface area contributed by atoms with Gasteiger partial charge in [0, 0.05) is 30.0 Å². The average Bonchev–Trinajstić information content (AvgIpc) is 3.37. The predicted molar refractivity (Wildman–Crippen MR) is 99.2 cm³/mol. The van der Waals surface area contributed by atoms with Crippen LogP contribution in [0.5, 0.6) is 5.75 Å². The number of benzene rings is 1. The van der Waals surface area contributed by atoms with Crippen molar-refractivity contribution >= 4 is 11.8 Å². The number of hydrogen-bond donors (Lipinski definition) is 1. The Balaban J connectivity index is 1.62. The molecule has 2 aliphatic heterocycles. The SMILES string of the molecule is CC(C)c1ccc2c(c1)[C@]1(CCO2)C[C@H]1C(=O)N1CCCNC(=O)[C@H]1C. The molecule has 2 heterocycles. The summed E-state index contributed by atoms with van der Waals surface area (Å²) in [4.78, 5) is 27.2. The van der Waals surface area contributed by atoms with E-state index in [0.717, 1.165) is 25.0 Å². The van der Waals surface area contributed by atoms with Gasteiger partial charge in [-0.3, -0.25) is 9.59 Å². The van der Waals surface area contributed by atoms with Crippen molar-refractivity contribution in [2.45, 2.75) is 57.4 Å². The summed E-state index contributed by atoms with van der Waals surface area (Å²) in [5.41, 5.74) is 2.38. The van der Waals surface area contributed by atoms with E-state index in [1.165, 1.54) is 11.1 Å². The first-order chi connectivity index (χ1) is 12.4. The maximum Gasteiger partial charge on any atom is 0.242 e. The van der Waals surface area contributed by atoms with Crippen molar-refractivity contribution in [1.29, 1.82) is 0 Å². The number of nitrogens with one attached hydrogen (secondary N) is 1. The molecule has 1 saturated carbocycles. The lowest BCUT2D eigenvalue weighted by molar-refractivity contribution is -0.140. The summed E-state index contributed by atoms with van der Waals surface area (Å²) in [6, 6.07) is 6.05. The molecule has 1 aromatic carbocycles. The van der Waals surface area contributed by atoms with Gasteiger partial charge in [-0.15, -0.1) is 0 Å². The van der Waals surface area contributed by atoms with Gasteiger partial charge in [-0.05, 0) is 43.7 Å². The van der Waals surface area contributed by atoms with Gasteiger partial charge < -0.3 is 15.0 Å². The molecule has 2 fully saturated rings. The van der Waals surface area contributed by atoms with E-state index < -0.39 is 0 Å². The quantitative estimate of drug-likeness (QED) is 0.886. The second kappa shape index (κ2) is 6.29. The molecule has 0 radical (unpaired) electrons. The lowest BCUT2D eigenvalue weighted by Crippen LogP contribution is -2.46. The molecule has 3 aliphatic rings. The number of fused-ring (bicyclic) bond motifs is 2. The Morgan fingerprint density at radius 1 is 1.38 bits per heavy atom. The number of carbonyl (C=O) groups is 2. The van der Waals surface area contributed by atoms with E-state index in [1.807, 2.05) is 6.92 Å². The Labute approximate surface area is 155 Å². The van der Waals surface area contributed by atoms with Gasteiger partial charge in [-0.25, -0.2) is 0 Å². The molecule has 2 amide bonds. The molecule has 0 unspecified atom stereocenters. The topological polar surface area (TPSA) is 58.6 Å². The highest BCUT2D eigenvalue weighted by Gasteiger charge is 2.62. The second-order valence-electron chi connectivity index (χ2n) is 8.27. The molecule has 1 spiro atoms. The summed E-state index contributed by atoms with van der Waals surface area (Å²) in [5.74, 6) is 1.44. The van der Waals surface area contributed by atoms with Crippen molar-refractivity contribution in [3.63, 3.8) is 0 Å². The number of ether oxygens (including phenoxy) is 1. The monoisotopic (exact) mass is 356 g/mol. The fourth-order valence-electron chi connectivity index (χ4n) is 4.55. The van der Waals surface area contributed by atoms with Gasteiger partial charge in [-0.2, -0.15) is 0 Å². The smallest absolute Gasteiger partial charge is 0.242 e. The molecule has 1 N–H and O–H groups in total. The van der Waals surface area contributed by atoms with Crippen LogP contribution in [0.15, 0.2) is 18.2 Å². The van der Waals surface area contributed by atoms with Crippen LogP contribution in [0.4, 0.5) is 0 Å². The number of hydrogen-bond acceptors (Lipinski definition) is 3. The Bertz CT molecular complexity index is 745. The summed E-state index contributed by atoms with van der Waals surface area (Å²) in [7, 11) is 0. The molecule has 1 aliphatic carbocycles. The maximum absolute atomic E-state index is 13.3. The number of rotatable bonds is 2. The minimum Gasteiger partial charge on any atom is -0.493 e. The molecule has 0 aromatic heterocycles. The predicted octanol–water partition coefficient (Wildman–Crippen LogP) is 2.59. The molecular formula is C21H28N2O3. The van der Waals surface area contributed by atoms with Crippen LogP contribution in [-0.2, 0) is 15.0 Å². The summed E-state index contributed by atoms with van der Waals surface area (Å²) in [6.45, 7) is 8.17. The maximum atomic E-state index is 13.3. The third-order valence-electron chi connectivity index (χ3n) is 6.39. The first-order valence-corrected chi connectivity index (χ1v) is 9.79. The van der Waals surface area contributed by atoms with Gasteiger partial charge in [0.2, 0.25) is 11.8 Å². The Kier molecular flexibility index (Phi) is 4.20. The van der Waals surface area contributed by atoms with E-state index >= 15 is 0 Å². The second-order valence-corrected chi connectivity index (χ2v) is 8.27. The van der Waals surface area contributed by atoms with E-state index in [4.69, 9.17) is 4.74 Å². The molecule has 1 aromatic rings. The van der Waals surface area contributed by atoms with Crippen LogP contribution in [0.1, 0.15) is 57.1 Å². The number of carbonyl (C=O) groups excluding carboxylic acids is 2. The van der Waals surface area contributed by atoms with E-state index in [1.54, 1.807) is 4.90 Å². The van der Waals surface area contributed by atoms with E-state index in [-0.39, 0.29) is 29.2 Å². The minimum absolute atomic E-state index is 0.0269. The fraction of sp³-hybridized carbons (Fsp3) is 0.619. The first kappa shape index (κ1) is 17.4. The van der Waals surface area contributed by atoms with Crippen LogP contribution >= 0.6 is 0 Å². The van der Waals surface area contributed by atoms with E-state index in [2.05, 4.69) is 37.4 Å². The summed E-state index contributed by atoms with van der Waals surface area (Å²) < 4.78 is 5.88. The Morgan fingerprint density at radius 2 is 2.19 bits per heavy atom. The van der Waals surface area contributed by atoms with Gasteiger partial charge >= 0.3 is 0 Å². The molecular weight excluding hydrogens is 328 g/mol. The molecule has 5 heteroatoms. The van der Waals surface area contributed by atoms with Crippen LogP contribution in [0.3, 0.4) is 0 Å². The van der Waals surface area contributed by atoms with Gasteiger partial charge in [0.1, 0.15) is 11.8 Å². The van der Waals surface area contributed by atoms with Gasteiger partial charge in [0.05, 0.1) is 6.61 Å². The lowest BCUT2D eigenvalue weighted by atomic mass is 9.85. The standard InChI is InChI=1S/C21H28N2O3/c1-13(2)15-5-6-18-16(11-15)21(7-10-26-18)12-17(21)20(25)23-9-4-8-22-19(24)14(23)3/h5-6,11,13-14,17H,4,7-10,12H2,1-3H3,(H,22,24)/t14-,17+,21+/m1/s1. The van der Waals surface area contributed by atoms with Crippen molar-refractivity contribution in [3.8, 4) is 5.75 Å². The Hall–Kier alpha value is -2.04. The molecule has 26 heavy (non-hydrogen) atoms. The van der Waals surface area contributed by atoms with Crippen LogP contribution in [0, 0.1) is 5.92 Å². The highest BCUT2D eigenvalue weighted by Crippen LogP contribution is 2.61. The first-order valence-electron chi connectivity index (χ1n) is 9.79. The lowest BCUT2D eigenvalue weighted by Gasteiger charge is -2.30. The van der Waals surface area contributed by atoms with Crippen molar-refractivity contribution < 1.29 is 14.3 Å². The van der Waals surface area contributed by atoms with Crippen molar-refractivity contribution in [1.82, 2.24) is 10.2 Å². The highest BCUT2D eigenvalue weighted by atomic mass is 16.5. The summed E-state index contributed by atoms with van der Waals surface area (Å²) >= 11 is 0. The third kappa shape index (κ3) is 2.68. The van der Waals surface area contributed by atoms with E-state index in [9.17, 15) is 9.59 Å². The largest absolute Gasteiger partial charge is 0.493 e. The molecule has 4 rings (SSSR count). The average molecular weight is 356 g/mol.